The second-order valence-electron chi connectivity index (χ2n) is 4.89. The van der Waals surface area contributed by atoms with Gasteiger partial charge in [-0.15, -0.1) is 0 Å². The largest absolute Gasteiger partial charge is 0.384 e. The van der Waals surface area contributed by atoms with Gasteiger partial charge in [0, 0.05) is 36.8 Å². The average molecular weight is 250 g/mol. The molecule has 1 saturated heterocycles. The highest BCUT2D eigenvalue weighted by Crippen LogP contribution is 2.24. The third-order valence-electron chi connectivity index (χ3n) is 3.33. The standard InChI is InChI=1S/C14H22N2S/c1-12-3-2-9-16(11-12)14-6-4-13(5-7-14)15-8-10-17/h4-7,12,15,17H,2-3,8-11H2,1H3. The summed E-state index contributed by atoms with van der Waals surface area (Å²) in [5, 5.41) is 3.34. The molecular weight excluding hydrogens is 228 g/mol. The first-order valence-electron chi connectivity index (χ1n) is 6.49. The third kappa shape index (κ3) is 3.56. The Morgan fingerprint density at radius 2 is 2.12 bits per heavy atom. The fourth-order valence-electron chi connectivity index (χ4n) is 2.41. The van der Waals surface area contributed by atoms with Crippen molar-refractivity contribution < 1.29 is 0 Å². The second-order valence-corrected chi connectivity index (χ2v) is 5.34. The van der Waals surface area contributed by atoms with E-state index in [1.165, 1.54) is 37.3 Å². The van der Waals surface area contributed by atoms with Gasteiger partial charge in [-0.3, -0.25) is 0 Å². The highest BCUT2D eigenvalue weighted by Gasteiger charge is 2.16. The van der Waals surface area contributed by atoms with E-state index in [4.69, 9.17) is 0 Å². The maximum atomic E-state index is 4.19. The maximum absolute atomic E-state index is 4.19. The molecule has 0 spiro atoms. The predicted molar refractivity (Wildman–Crippen MR) is 79.4 cm³/mol. The molecule has 0 saturated carbocycles. The van der Waals surface area contributed by atoms with Gasteiger partial charge >= 0.3 is 0 Å². The minimum atomic E-state index is 0.825. The molecule has 3 heteroatoms. The fourth-order valence-corrected chi connectivity index (χ4v) is 2.53. The van der Waals surface area contributed by atoms with Crippen LogP contribution in [0.1, 0.15) is 19.8 Å². The van der Waals surface area contributed by atoms with Crippen LogP contribution >= 0.6 is 12.6 Å². The number of benzene rings is 1. The van der Waals surface area contributed by atoms with Crippen molar-refractivity contribution in [1.82, 2.24) is 0 Å². The van der Waals surface area contributed by atoms with Gasteiger partial charge in [0.25, 0.3) is 0 Å². The molecule has 1 N–H and O–H groups in total. The summed E-state index contributed by atoms with van der Waals surface area (Å²) in [4.78, 5) is 2.50. The van der Waals surface area contributed by atoms with Gasteiger partial charge in [-0.25, -0.2) is 0 Å². The Bertz CT molecular complexity index is 337. The molecule has 2 nitrogen and oxygen atoms in total. The van der Waals surface area contributed by atoms with E-state index < -0.39 is 0 Å². The van der Waals surface area contributed by atoms with E-state index in [1.807, 2.05) is 0 Å². The van der Waals surface area contributed by atoms with Gasteiger partial charge in [-0.2, -0.15) is 12.6 Å². The molecule has 1 fully saturated rings. The van der Waals surface area contributed by atoms with Gasteiger partial charge in [0.15, 0.2) is 0 Å². The molecule has 0 aromatic heterocycles. The molecule has 0 bridgehead atoms. The summed E-state index contributed by atoms with van der Waals surface area (Å²) in [6, 6.07) is 8.77. The van der Waals surface area contributed by atoms with E-state index >= 15 is 0 Å². The Labute approximate surface area is 110 Å². The molecule has 94 valence electrons. The first kappa shape index (κ1) is 12.6. The molecule has 1 unspecified atom stereocenters. The van der Waals surface area contributed by atoms with Crippen molar-refractivity contribution in [3.05, 3.63) is 24.3 Å². The number of hydrogen-bond acceptors (Lipinski definition) is 3. The number of nitrogens with zero attached hydrogens (tertiary/aromatic N) is 1. The van der Waals surface area contributed by atoms with Crippen LogP contribution in [0.2, 0.25) is 0 Å². The van der Waals surface area contributed by atoms with E-state index in [9.17, 15) is 0 Å². The fraction of sp³-hybridized carbons (Fsp3) is 0.571. The first-order valence-corrected chi connectivity index (χ1v) is 7.12. The summed E-state index contributed by atoms with van der Waals surface area (Å²) in [6.07, 6.45) is 2.69. The average Bonchev–Trinajstić information content (AvgIpc) is 2.37. The van der Waals surface area contributed by atoms with E-state index in [-0.39, 0.29) is 0 Å². The minimum Gasteiger partial charge on any atom is -0.384 e. The summed E-state index contributed by atoms with van der Waals surface area (Å²) in [6.45, 7) is 5.66. The van der Waals surface area contributed by atoms with Crippen LogP contribution in [0.15, 0.2) is 24.3 Å². The first-order chi connectivity index (χ1) is 8.29. The molecule has 1 aliphatic rings. The minimum absolute atomic E-state index is 0.825. The number of thiol groups is 1. The Balaban J connectivity index is 1.96. The zero-order chi connectivity index (χ0) is 12.1. The highest BCUT2D eigenvalue weighted by atomic mass is 32.1. The van der Waals surface area contributed by atoms with Crippen LogP contribution < -0.4 is 10.2 Å². The number of rotatable bonds is 4. The zero-order valence-corrected chi connectivity index (χ0v) is 11.4. The van der Waals surface area contributed by atoms with E-state index in [1.54, 1.807) is 0 Å². The summed E-state index contributed by atoms with van der Waals surface area (Å²) in [5.74, 6) is 1.69. The molecule has 1 aromatic rings. The van der Waals surface area contributed by atoms with Crippen molar-refractivity contribution in [1.29, 1.82) is 0 Å². The van der Waals surface area contributed by atoms with Gasteiger partial charge in [0.1, 0.15) is 0 Å². The second kappa shape index (κ2) is 6.20. The van der Waals surface area contributed by atoms with Gasteiger partial charge < -0.3 is 10.2 Å². The van der Waals surface area contributed by atoms with E-state index in [2.05, 4.69) is 54.0 Å². The van der Waals surface area contributed by atoms with Gasteiger partial charge in [0.05, 0.1) is 0 Å². The van der Waals surface area contributed by atoms with E-state index in [0.717, 1.165) is 18.2 Å². The topological polar surface area (TPSA) is 15.3 Å². The molecule has 0 aliphatic carbocycles. The number of piperidine rings is 1. The lowest BCUT2D eigenvalue weighted by molar-refractivity contribution is 0.447. The monoisotopic (exact) mass is 250 g/mol. The normalized spacial score (nSPS) is 20.4. The molecule has 1 heterocycles. The van der Waals surface area contributed by atoms with E-state index in [0.29, 0.717) is 0 Å². The number of anilines is 2. The Morgan fingerprint density at radius 3 is 2.76 bits per heavy atom. The lowest BCUT2D eigenvalue weighted by Gasteiger charge is -2.32. The molecule has 0 radical (unpaired) electrons. The Kier molecular flexibility index (Phi) is 4.60. The van der Waals surface area contributed by atoms with Crippen LogP contribution in [0, 0.1) is 5.92 Å². The highest BCUT2D eigenvalue weighted by molar-refractivity contribution is 7.80. The number of nitrogens with one attached hydrogen (secondary N) is 1. The Hall–Kier alpha value is -0.830. The van der Waals surface area contributed by atoms with Crippen LogP contribution in [-0.4, -0.2) is 25.4 Å². The van der Waals surface area contributed by atoms with Crippen molar-refractivity contribution in [2.24, 2.45) is 5.92 Å². The molecule has 1 aliphatic heterocycles. The Morgan fingerprint density at radius 1 is 1.35 bits per heavy atom. The smallest absolute Gasteiger partial charge is 0.0367 e. The van der Waals surface area contributed by atoms with Gasteiger partial charge in [-0.1, -0.05) is 6.92 Å². The summed E-state index contributed by atoms with van der Waals surface area (Å²) in [5.41, 5.74) is 2.54. The van der Waals surface area contributed by atoms with Crippen LogP contribution in [0.5, 0.6) is 0 Å². The molecule has 1 atom stereocenters. The molecular formula is C14H22N2S. The molecule has 2 rings (SSSR count). The molecule has 1 aromatic carbocycles. The van der Waals surface area contributed by atoms with Crippen molar-refractivity contribution in [2.45, 2.75) is 19.8 Å². The zero-order valence-electron chi connectivity index (χ0n) is 10.5. The van der Waals surface area contributed by atoms with Crippen LogP contribution in [0.3, 0.4) is 0 Å². The molecule has 0 amide bonds. The summed E-state index contributed by atoms with van der Waals surface area (Å²) in [7, 11) is 0. The predicted octanol–water partition coefficient (Wildman–Crippen LogP) is 3.26. The van der Waals surface area contributed by atoms with Gasteiger partial charge in [-0.05, 0) is 43.0 Å². The van der Waals surface area contributed by atoms with Crippen molar-refractivity contribution in [3.63, 3.8) is 0 Å². The quantitative estimate of drug-likeness (QED) is 0.797. The lowest BCUT2D eigenvalue weighted by atomic mass is 10.00. The lowest BCUT2D eigenvalue weighted by Crippen LogP contribution is -2.34. The third-order valence-corrected chi connectivity index (χ3v) is 3.55. The van der Waals surface area contributed by atoms with Crippen LogP contribution in [-0.2, 0) is 0 Å². The molecule has 17 heavy (non-hydrogen) atoms. The van der Waals surface area contributed by atoms with Crippen LogP contribution in [0.25, 0.3) is 0 Å². The SMILES string of the molecule is CC1CCCN(c2ccc(NCCS)cc2)C1. The van der Waals surface area contributed by atoms with Gasteiger partial charge in [0.2, 0.25) is 0 Å². The van der Waals surface area contributed by atoms with Crippen molar-refractivity contribution in [3.8, 4) is 0 Å². The number of hydrogen-bond donors (Lipinski definition) is 2. The summed E-state index contributed by atoms with van der Waals surface area (Å²) < 4.78 is 0. The van der Waals surface area contributed by atoms with Crippen molar-refractivity contribution in [2.75, 3.05) is 35.6 Å². The van der Waals surface area contributed by atoms with Crippen LogP contribution in [0.4, 0.5) is 11.4 Å². The summed E-state index contributed by atoms with van der Waals surface area (Å²) >= 11 is 4.19. The van der Waals surface area contributed by atoms with Crippen molar-refractivity contribution >= 4 is 24.0 Å². The maximum Gasteiger partial charge on any atom is 0.0367 e.